The Bertz CT molecular complexity index is 497. The molecular formula is C12H11BrN2O. The topological polar surface area (TPSA) is 35.0 Å². The van der Waals surface area contributed by atoms with E-state index in [1.54, 1.807) is 12.4 Å². The predicted octanol–water partition coefficient (Wildman–Crippen LogP) is 3.65. The van der Waals surface area contributed by atoms with Crippen molar-refractivity contribution in [2.75, 3.05) is 0 Å². The molecule has 1 heterocycles. The van der Waals surface area contributed by atoms with Gasteiger partial charge in [-0.3, -0.25) is 0 Å². The number of aromatic nitrogens is 2. The molecule has 0 unspecified atom stereocenters. The second-order valence-electron chi connectivity index (χ2n) is 3.55. The van der Waals surface area contributed by atoms with Crippen molar-refractivity contribution < 1.29 is 4.74 Å². The Balaban J connectivity index is 2.26. The molecule has 0 fully saturated rings. The van der Waals surface area contributed by atoms with E-state index in [-0.39, 0.29) is 0 Å². The van der Waals surface area contributed by atoms with Gasteiger partial charge in [0, 0.05) is 12.4 Å². The normalized spacial score (nSPS) is 10.2. The fourth-order valence-electron chi connectivity index (χ4n) is 1.27. The summed E-state index contributed by atoms with van der Waals surface area (Å²) in [5, 5.41) is 0. The highest BCUT2D eigenvalue weighted by molar-refractivity contribution is 9.10. The fourth-order valence-corrected chi connectivity index (χ4v) is 1.47. The molecular weight excluding hydrogens is 268 g/mol. The second kappa shape index (κ2) is 4.61. The van der Waals surface area contributed by atoms with Gasteiger partial charge in [-0.05, 0) is 47.0 Å². The lowest BCUT2D eigenvalue weighted by Gasteiger charge is -2.07. The summed E-state index contributed by atoms with van der Waals surface area (Å²) >= 11 is 3.28. The first kappa shape index (κ1) is 11.1. The molecule has 0 aliphatic heterocycles. The highest BCUT2D eigenvalue weighted by atomic mass is 79.9. The van der Waals surface area contributed by atoms with Crippen molar-refractivity contribution in [3.63, 3.8) is 0 Å². The van der Waals surface area contributed by atoms with Crippen LogP contribution in [0.3, 0.4) is 0 Å². The van der Waals surface area contributed by atoms with Gasteiger partial charge in [0.25, 0.3) is 0 Å². The lowest BCUT2D eigenvalue weighted by Crippen LogP contribution is -1.93. The van der Waals surface area contributed by atoms with Gasteiger partial charge in [0.15, 0.2) is 0 Å². The van der Waals surface area contributed by atoms with E-state index < -0.39 is 0 Å². The van der Waals surface area contributed by atoms with Crippen molar-refractivity contribution in [3.05, 3.63) is 46.2 Å². The zero-order valence-electron chi connectivity index (χ0n) is 9.07. The van der Waals surface area contributed by atoms with Crippen molar-refractivity contribution in [1.29, 1.82) is 0 Å². The van der Waals surface area contributed by atoms with Gasteiger partial charge in [0.1, 0.15) is 5.75 Å². The molecule has 2 aromatic rings. The molecule has 0 bridgehead atoms. The Hall–Kier alpha value is -1.42. The number of rotatable bonds is 2. The first-order valence-electron chi connectivity index (χ1n) is 4.88. The Labute approximate surface area is 103 Å². The molecule has 1 aromatic heterocycles. The number of halogens is 1. The van der Waals surface area contributed by atoms with Crippen LogP contribution in [0.1, 0.15) is 11.1 Å². The summed E-state index contributed by atoms with van der Waals surface area (Å²) in [6.07, 6.45) is 3.32. The molecule has 0 radical (unpaired) electrons. The van der Waals surface area contributed by atoms with Crippen LogP contribution in [0, 0.1) is 13.8 Å². The minimum Gasteiger partial charge on any atom is -0.424 e. The van der Waals surface area contributed by atoms with E-state index in [1.165, 1.54) is 0 Å². The van der Waals surface area contributed by atoms with Crippen molar-refractivity contribution in [2.45, 2.75) is 13.8 Å². The van der Waals surface area contributed by atoms with Crippen LogP contribution >= 0.6 is 15.9 Å². The second-order valence-corrected chi connectivity index (χ2v) is 4.47. The summed E-state index contributed by atoms with van der Waals surface area (Å²) in [6.45, 7) is 4.02. The van der Waals surface area contributed by atoms with Gasteiger partial charge in [0.2, 0.25) is 0 Å². The standard InChI is InChI=1S/C12H11BrN2O/c1-8-3-4-9(2)11(5-8)16-12-14-6-10(13)7-15-12/h3-7H,1-2H3. The summed E-state index contributed by atoms with van der Waals surface area (Å²) in [7, 11) is 0. The average Bonchev–Trinajstić information content (AvgIpc) is 2.27. The third-order valence-electron chi connectivity index (χ3n) is 2.14. The molecule has 3 nitrogen and oxygen atoms in total. The molecule has 4 heteroatoms. The van der Waals surface area contributed by atoms with Gasteiger partial charge < -0.3 is 4.74 Å². The maximum absolute atomic E-state index is 5.60. The van der Waals surface area contributed by atoms with E-state index in [0.717, 1.165) is 21.3 Å². The van der Waals surface area contributed by atoms with Gasteiger partial charge in [-0.15, -0.1) is 0 Å². The summed E-state index contributed by atoms with van der Waals surface area (Å²) in [4.78, 5) is 8.13. The Morgan fingerprint density at radius 2 is 1.81 bits per heavy atom. The van der Waals surface area contributed by atoms with Gasteiger partial charge in [-0.2, -0.15) is 0 Å². The highest BCUT2D eigenvalue weighted by Gasteiger charge is 2.03. The molecule has 16 heavy (non-hydrogen) atoms. The molecule has 0 amide bonds. The van der Waals surface area contributed by atoms with Crippen molar-refractivity contribution >= 4 is 15.9 Å². The van der Waals surface area contributed by atoms with Crippen LogP contribution in [0.25, 0.3) is 0 Å². The van der Waals surface area contributed by atoms with Crippen LogP contribution in [-0.4, -0.2) is 9.97 Å². The van der Waals surface area contributed by atoms with E-state index in [2.05, 4.69) is 25.9 Å². The summed E-state index contributed by atoms with van der Waals surface area (Å²) in [5.41, 5.74) is 2.22. The lowest BCUT2D eigenvalue weighted by molar-refractivity contribution is 0.438. The SMILES string of the molecule is Cc1ccc(C)c(Oc2ncc(Br)cn2)c1. The van der Waals surface area contributed by atoms with Crippen LogP contribution < -0.4 is 4.74 Å². The summed E-state index contributed by atoms with van der Waals surface area (Å²) in [5.74, 6) is 0.794. The van der Waals surface area contributed by atoms with Crippen molar-refractivity contribution in [2.24, 2.45) is 0 Å². The van der Waals surface area contributed by atoms with Crippen LogP contribution in [-0.2, 0) is 0 Å². The molecule has 0 aliphatic carbocycles. The third kappa shape index (κ3) is 2.58. The number of nitrogens with zero attached hydrogens (tertiary/aromatic N) is 2. The summed E-state index contributed by atoms with van der Waals surface area (Å²) in [6, 6.07) is 6.39. The molecule has 0 saturated heterocycles. The highest BCUT2D eigenvalue weighted by Crippen LogP contribution is 2.23. The summed E-state index contributed by atoms with van der Waals surface area (Å²) < 4.78 is 6.44. The minimum absolute atomic E-state index is 0.358. The number of ether oxygens (including phenoxy) is 1. The maximum Gasteiger partial charge on any atom is 0.321 e. The average molecular weight is 279 g/mol. The molecule has 0 N–H and O–H groups in total. The zero-order chi connectivity index (χ0) is 11.5. The maximum atomic E-state index is 5.60. The van der Waals surface area contributed by atoms with Crippen LogP contribution in [0.15, 0.2) is 35.1 Å². The molecule has 2 rings (SSSR count). The van der Waals surface area contributed by atoms with E-state index in [4.69, 9.17) is 4.74 Å². The van der Waals surface area contributed by atoms with E-state index in [1.807, 2.05) is 32.0 Å². The molecule has 0 saturated carbocycles. The van der Waals surface area contributed by atoms with E-state index in [9.17, 15) is 0 Å². The van der Waals surface area contributed by atoms with Crippen LogP contribution in [0.4, 0.5) is 0 Å². The number of hydrogen-bond acceptors (Lipinski definition) is 3. The van der Waals surface area contributed by atoms with Gasteiger partial charge in [0.05, 0.1) is 4.47 Å². The Kier molecular flexibility index (Phi) is 3.19. The first-order valence-corrected chi connectivity index (χ1v) is 5.67. The molecule has 0 atom stereocenters. The zero-order valence-corrected chi connectivity index (χ0v) is 10.7. The minimum atomic E-state index is 0.358. The van der Waals surface area contributed by atoms with Crippen LogP contribution in [0.2, 0.25) is 0 Å². The first-order chi connectivity index (χ1) is 7.65. The Morgan fingerprint density at radius 1 is 1.12 bits per heavy atom. The smallest absolute Gasteiger partial charge is 0.321 e. The van der Waals surface area contributed by atoms with Crippen molar-refractivity contribution in [3.8, 4) is 11.8 Å². The fraction of sp³-hybridized carbons (Fsp3) is 0.167. The monoisotopic (exact) mass is 278 g/mol. The predicted molar refractivity (Wildman–Crippen MR) is 65.7 cm³/mol. The molecule has 0 spiro atoms. The van der Waals surface area contributed by atoms with E-state index >= 15 is 0 Å². The number of hydrogen-bond donors (Lipinski definition) is 0. The largest absolute Gasteiger partial charge is 0.424 e. The van der Waals surface area contributed by atoms with Gasteiger partial charge in [-0.25, -0.2) is 9.97 Å². The third-order valence-corrected chi connectivity index (χ3v) is 2.55. The van der Waals surface area contributed by atoms with E-state index in [0.29, 0.717) is 6.01 Å². The lowest BCUT2D eigenvalue weighted by atomic mass is 10.1. The van der Waals surface area contributed by atoms with Crippen molar-refractivity contribution in [1.82, 2.24) is 9.97 Å². The van der Waals surface area contributed by atoms with Gasteiger partial charge >= 0.3 is 6.01 Å². The molecule has 1 aromatic carbocycles. The number of benzene rings is 1. The molecule has 0 aliphatic rings. The van der Waals surface area contributed by atoms with Crippen LogP contribution in [0.5, 0.6) is 11.8 Å². The number of aryl methyl sites for hydroxylation is 2. The quantitative estimate of drug-likeness (QED) is 0.841. The molecule has 82 valence electrons. The Morgan fingerprint density at radius 3 is 2.50 bits per heavy atom. The van der Waals surface area contributed by atoms with Gasteiger partial charge in [-0.1, -0.05) is 12.1 Å².